The highest BCUT2D eigenvalue weighted by molar-refractivity contribution is 5.93. The number of carbonyl (C=O) groups is 1. The van der Waals surface area contributed by atoms with Gasteiger partial charge < -0.3 is 24.3 Å². The zero-order chi connectivity index (χ0) is 17.6. The molecule has 0 saturated heterocycles. The minimum Gasteiger partial charge on any atom is -0.476 e. The maximum absolute atomic E-state index is 12.3. The van der Waals surface area contributed by atoms with Crippen molar-refractivity contribution in [2.24, 2.45) is 0 Å². The van der Waals surface area contributed by atoms with Crippen LogP contribution in [0.1, 0.15) is 19.4 Å². The molecule has 0 unspecified atom stereocenters. The molecule has 1 aromatic carbocycles. The van der Waals surface area contributed by atoms with Gasteiger partial charge in [-0.2, -0.15) is 4.98 Å². The molecular formula is C17H19N3O5. The number of ether oxygens (including phenoxy) is 4. The molecule has 0 fully saturated rings. The summed E-state index contributed by atoms with van der Waals surface area (Å²) in [5, 5.41) is 2.76. The van der Waals surface area contributed by atoms with Crippen molar-refractivity contribution >= 4 is 11.6 Å². The number of carbonyl (C=O) groups excluding carboxylic acids is 1. The normalized spacial score (nSPS) is 11.9. The van der Waals surface area contributed by atoms with Gasteiger partial charge in [-0.1, -0.05) is 6.07 Å². The molecule has 1 aromatic heterocycles. The second kappa shape index (κ2) is 7.69. The minimum absolute atomic E-state index is 0.176. The molecule has 8 heteroatoms. The number of benzene rings is 1. The lowest BCUT2D eigenvalue weighted by Crippen LogP contribution is -2.16. The molecule has 0 bridgehead atoms. The molecule has 1 aliphatic rings. The second-order valence-electron chi connectivity index (χ2n) is 5.15. The summed E-state index contributed by atoms with van der Waals surface area (Å²) in [5.41, 5.74) is 1.21. The number of anilines is 1. The summed E-state index contributed by atoms with van der Waals surface area (Å²) in [7, 11) is 0. The highest BCUT2D eigenvalue weighted by Gasteiger charge is 2.16. The molecule has 3 rings (SSSR count). The number of nitrogens with one attached hydrogen (secondary N) is 1. The van der Waals surface area contributed by atoms with Gasteiger partial charge in [0.05, 0.1) is 25.8 Å². The summed E-state index contributed by atoms with van der Waals surface area (Å²) in [5.74, 6) is 1.39. The lowest BCUT2D eigenvalue weighted by Gasteiger charge is -2.11. The molecule has 132 valence electrons. The number of hydrogen-bond acceptors (Lipinski definition) is 7. The molecule has 1 N–H and O–H groups in total. The van der Waals surface area contributed by atoms with Crippen LogP contribution >= 0.6 is 0 Å². The Morgan fingerprint density at radius 2 is 2.00 bits per heavy atom. The molecule has 1 aliphatic heterocycles. The smallest absolute Gasteiger partial charge is 0.319 e. The Kier molecular flexibility index (Phi) is 5.17. The zero-order valence-electron chi connectivity index (χ0n) is 14.1. The third-order valence-electron chi connectivity index (χ3n) is 3.36. The summed E-state index contributed by atoms with van der Waals surface area (Å²) in [6.07, 6.45) is 1.65. The van der Waals surface area contributed by atoms with Gasteiger partial charge in [0.1, 0.15) is 5.69 Å². The Bertz CT molecular complexity index is 766. The van der Waals surface area contributed by atoms with Gasteiger partial charge in [-0.25, -0.2) is 4.98 Å². The summed E-state index contributed by atoms with van der Waals surface area (Å²) in [4.78, 5) is 20.5. The molecule has 2 aromatic rings. The van der Waals surface area contributed by atoms with E-state index in [4.69, 9.17) is 18.9 Å². The first-order chi connectivity index (χ1) is 12.2. The SMILES string of the molecule is CCOc1ncc(NC(=O)Cc2ccc3c(c2)OCO3)c(OCC)n1. The van der Waals surface area contributed by atoms with E-state index in [2.05, 4.69) is 15.3 Å². The van der Waals surface area contributed by atoms with Crippen LogP contribution in [0, 0.1) is 0 Å². The largest absolute Gasteiger partial charge is 0.476 e. The van der Waals surface area contributed by atoms with E-state index < -0.39 is 0 Å². The van der Waals surface area contributed by atoms with E-state index in [-0.39, 0.29) is 31.0 Å². The van der Waals surface area contributed by atoms with Crippen LogP contribution in [0.4, 0.5) is 5.69 Å². The Hall–Kier alpha value is -3.03. The van der Waals surface area contributed by atoms with Gasteiger partial charge in [0.25, 0.3) is 0 Å². The van der Waals surface area contributed by atoms with Gasteiger partial charge in [-0.15, -0.1) is 0 Å². The summed E-state index contributed by atoms with van der Waals surface area (Å²) < 4.78 is 21.3. The van der Waals surface area contributed by atoms with E-state index in [9.17, 15) is 4.79 Å². The van der Waals surface area contributed by atoms with Gasteiger partial charge in [-0.3, -0.25) is 4.79 Å². The molecule has 0 radical (unpaired) electrons. The minimum atomic E-state index is -0.215. The van der Waals surface area contributed by atoms with Gasteiger partial charge in [-0.05, 0) is 31.5 Å². The Morgan fingerprint density at radius 1 is 1.20 bits per heavy atom. The van der Waals surface area contributed by atoms with Gasteiger partial charge in [0, 0.05) is 0 Å². The van der Waals surface area contributed by atoms with Crippen molar-refractivity contribution in [2.45, 2.75) is 20.3 Å². The fourth-order valence-electron chi connectivity index (χ4n) is 2.31. The van der Waals surface area contributed by atoms with Crippen LogP contribution in [0.3, 0.4) is 0 Å². The molecule has 2 heterocycles. The van der Waals surface area contributed by atoms with Crippen molar-refractivity contribution in [1.82, 2.24) is 9.97 Å². The van der Waals surface area contributed by atoms with E-state index in [1.165, 1.54) is 6.20 Å². The quantitative estimate of drug-likeness (QED) is 0.822. The van der Waals surface area contributed by atoms with E-state index in [1.807, 2.05) is 19.9 Å². The topological polar surface area (TPSA) is 91.8 Å². The molecule has 0 saturated carbocycles. The van der Waals surface area contributed by atoms with E-state index in [1.54, 1.807) is 12.1 Å². The average molecular weight is 345 g/mol. The maximum Gasteiger partial charge on any atom is 0.319 e. The number of fused-ring (bicyclic) bond motifs is 1. The average Bonchev–Trinajstić information content (AvgIpc) is 3.05. The number of rotatable bonds is 7. The van der Waals surface area contributed by atoms with Crippen LogP contribution in [-0.4, -0.2) is 35.9 Å². The van der Waals surface area contributed by atoms with Crippen molar-refractivity contribution in [2.75, 3.05) is 25.3 Å². The van der Waals surface area contributed by atoms with Crippen molar-refractivity contribution in [3.63, 3.8) is 0 Å². The standard InChI is InChI=1S/C17H19N3O5/c1-3-22-16-12(9-18-17(20-16)23-4-2)19-15(21)8-11-5-6-13-14(7-11)25-10-24-13/h5-7,9H,3-4,8,10H2,1-2H3,(H,19,21). The van der Waals surface area contributed by atoms with Crippen LogP contribution in [0.5, 0.6) is 23.4 Å². The van der Waals surface area contributed by atoms with Crippen molar-refractivity contribution in [3.8, 4) is 23.4 Å². The summed E-state index contributed by atoms with van der Waals surface area (Å²) in [6, 6.07) is 5.61. The predicted molar refractivity (Wildman–Crippen MR) is 89.3 cm³/mol. The molecule has 8 nitrogen and oxygen atoms in total. The van der Waals surface area contributed by atoms with E-state index in [0.717, 1.165) is 5.56 Å². The van der Waals surface area contributed by atoms with Crippen molar-refractivity contribution in [1.29, 1.82) is 0 Å². The lowest BCUT2D eigenvalue weighted by molar-refractivity contribution is -0.115. The maximum atomic E-state index is 12.3. The zero-order valence-corrected chi connectivity index (χ0v) is 14.1. The third kappa shape index (κ3) is 4.09. The van der Waals surface area contributed by atoms with Crippen LogP contribution in [0.15, 0.2) is 24.4 Å². The molecule has 0 aliphatic carbocycles. The van der Waals surface area contributed by atoms with Crippen LogP contribution < -0.4 is 24.3 Å². The molecule has 25 heavy (non-hydrogen) atoms. The lowest BCUT2D eigenvalue weighted by atomic mass is 10.1. The highest BCUT2D eigenvalue weighted by atomic mass is 16.7. The fraction of sp³-hybridized carbons (Fsp3) is 0.353. The van der Waals surface area contributed by atoms with Crippen molar-refractivity contribution < 1.29 is 23.7 Å². The summed E-state index contributed by atoms with van der Waals surface area (Å²) in [6.45, 7) is 4.73. The summed E-state index contributed by atoms with van der Waals surface area (Å²) >= 11 is 0. The van der Waals surface area contributed by atoms with Crippen LogP contribution in [0.25, 0.3) is 0 Å². The van der Waals surface area contributed by atoms with Gasteiger partial charge >= 0.3 is 6.01 Å². The molecular weight excluding hydrogens is 326 g/mol. The second-order valence-corrected chi connectivity index (χ2v) is 5.15. The van der Waals surface area contributed by atoms with Gasteiger partial charge in [0.2, 0.25) is 18.6 Å². The van der Waals surface area contributed by atoms with Gasteiger partial charge in [0.15, 0.2) is 11.5 Å². The van der Waals surface area contributed by atoms with E-state index in [0.29, 0.717) is 30.4 Å². The molecule has 1 amide bonds. The first-order valence-corrected chi connectivity index (χ1v) is 8.00. The Morgan fingerprint density at radius 3 is 2.80 bits per heavy atom. The number of hydrogen-bond donors (Lipinski definition) is 1. The van der Waals surface area contributed by atoms with Crippen molar-refractivity contribution in [3.05, 3.63) is 30.0 Å². The number of amides is 1. The molecule has 0 spiro atoms. The fourth-order valence-corrected chi connectivity index (χ4v) is 2.31. The number of aromatic nitrogens is 2. The Labute approximate surface area is 145 Å². The van der Waals surface area contributed by atoms with E-state index >= 15 is 0 Å². The highest BCUT2D eigenvalue weighted by Crippen LogP contribution is 2.32. The first kappa shape index (κ1) is 16.8. The monoisotopic (exact) mass is 345 g/mol. The third-order valence-corrected chi connectivity index (χ3v) is 3.36. The van der Waals surface area contributed by atoms with Crippen LogP contribution in [0.2, 0.25) is 0 Å². The predicted octanol–water partition coefficient (Wildman–Crippen LogP) is 2.18. The molecule has 0 atom stereocenters. The van der Waals surface area contributed by atoms with Crippen LogP contribution in [-0.2, 0) is 11.2 Å². The Balaban J connectivity index is 1.69. The number of nitrogens with zero attached hydrogens (tertiary/aromatic N) is 2. The first-order valence-electron chi connectivity index (χ1n) is 8.00.